The lowest BCUT2D eigenvalue weighted by Gasteiger charge is -2.09. The number of aromatic carboxylic acids is 1. The van der Waals surface area contributed by atoms with Gasteiger partial charge < -0.3 is 10.4 Å². The molecule has 0 spiro atoms. The molecular formula is C14H7FN6O3. The second kappa shape index (κ2) is 5.73. The maximum absolute atomic E-state index is 13.6. The fourth-order valence-electron chi connectivity index (χ4n) is 1.92. The summed E-state index contributed by atoms with van der Waals surface area (Å²) in [7, 11) is 0. The number of nitrogens with zero attached hydrogens (tertiary/aromatic N) is 5. The number of hydrogen-bond acceptors (Lipinski definition) is 6. The van der Waals surface area contributed by atoms with Gasteiger partial charge in [0.1, 0.15) is 5.82 Å². The van der Waals surface area contributed by atoms with E-state index in [2.05, 4.69) is 31.9 Å². The van der Waals surface area contributed by atoms with Crippen molar-refractivity contribution < 1.29 is 19.1 Å². The van der Waals surface area contributed by atoms with Crippen LogP contribution in [0.25, 0.3) is 5.65 Å². The molecule has 3 rings (SSSR count). The summed E-state index contributed by atoms with van der Waals surface area (Å²) < 4.78 is 14.7. The van der Waals surface area contributed by atoms with Crippen LogP contribution in [0.2, 0.25) is 0 Å². The van der Waals surface area contributed by atoms with Gasteiger partial charge in [-0.25, -0.2) is 9.18 Å². The van der Waals surface area contributed by atoms with Crippen LogP contribution in [0.4, 0.5) is 10.1 Å². The Balaban J connectivity index is 1.98. The predicted molar refractivity (Wildman–Crippen MR) is 77.8 cm³/mol. The Bertz CT molecular complexity index is 1020. The first-order valence-electron chi connectivity index (χ1n) is 6.40. The Morgan fingerprint density at radius 2 is 2.12 bits per heavy atom. The molecule has 9 nitrogen and oxygen atoms in total. The third kappa shape index (κ3) is 2.61. The molecule has 118 valence electrons. The normalized spacial score (nSPS) is 10.3. The molecule has 0 atom stereocenters. The average Bonchev–Trinajstić information content (AvgIpc) is 3.03. The number of anilines is 1. The molecule has 2 heterocycles. The molecule has 0 aliphatic rings. The van der Waals surface area contributed by atoms with Crippen molar-refractivity contribution in [2.75, 3.05) is 5.32 Å². The van der Waals surface area contributed by atoms with Crippen LogP contribution in [0.3, 0.4) is 0 Å². The number of carbonyl (C=O) groups excluding carboxylic acids is 1. The Kier molecular flexibility index (Phi) is 3.59. The molecule has 3 aromatic rings. The van der Waals surface area contributed by atoms with Gasteiger partial charge in [0.15, 0.2) is 11.3 Å². The number of rotatable bonds is 3. The van der Waals surface area contributed by atoms with E-state index < -0.39 is 23.3 Å². The number of carbonyl (C=O) groups is 2. The van der Waals surface area contributed by atoms with Crippen molar-refractivity contribution in [3.05, 3.63) is 46.9 Å². The number of carboxylic acids is 1. The predicted octanol–water partition coefficient (Wildman–Crippen LogP) is 0.590. The van der Waals surface area contributed by atoms with E-state index in [4.69, 9.17) is 11.5 Å². The van der Waals surface area contributed by atoms with Gasteiger partial charge in [-0.05, 0) is 34.7 Å². The van der Waals surface area contributed by atoms with E-state index in [1.807, 2.05) is 0 Å². The van der Waals surface area contributed by atoms with Crippen molar-refractivity contribution in [2.24, 2.45) is 0 Å². The van der Waals surface area contributed by atoms with E-state index in [0.29, 0.717) is 5.65 Å². The summed E-state index contributed by atoms with van der Waals surface area (Å²) in [5.41, 5.74) is -0.519. The Morgan fingerprint density at radius 1 is 1.33 bits per heavy atom. The summed E-state index contributed by atoms with van der Waals surface area (Å²) in [6, 6.07) is 4.61. The summed E-state index contributed by atoms with van der Waals surface area (Å²) in [6.45, 7) is 0. The number of halogens is 1. The lowest BCUT2D eigenvalue weighted by atomic mass is 10.1. The molecule has 0 radical (unpaired) electrons. The number of aromatic nitrogens is 5. The highest BCUT2D eigenvalue weighted by Gasteiger charge is 2.18. The van der Waals surface area contributed by atoms with Crippen LogP contribution in [0, 0.1) is 18.2 Å². The highest BCUT2D eigenvalue weighted by atomic mass is 19.1. The number of carboxylic acid groups (broad SMARTS) is 1. The van der Waals surface area contributed by atoms with E-state index in [1.165, 1.54) is 12.1 Å². The maximum Gasteiger partial charge on any atom is 0.337 e. The number of tetrazole rings is 1. The zero-order chi connectivity index (χ0) is 17.3. The number of benzene rings is 1. The van der Waals surface area contributed by atoms with Crippen molar-refractivity contribution >= 4 is 23.2 Å². The number of nitrogens with one attached hydrogen (secondary N) is 1. The molecule has 0 aliphatic carbocycles. The van der Waals surface area contributed by atoms with E-state index in [0.717, 1.165) is 16.8 Å². The molecule has 0 saturated carbocycles. The number of hydrogen-bond donors (Lipinski definition) is 2. The zero-order valence-corrected chi connectivity index (χ0v) is 11.8. The van der Waals surface area contributed by atoms with Crippen molar-refractivity contribution in [1.29, 1.82) is 0 Å². The van der Waals surface area contributed by atoms with E-state index in [1.54, 1.807) is 0 Å². The molecule has 10 heteroatoms. The van der Waals surface area contributed by atoms with Gasteiger partial charge in [0.05, 0.1) is 16.8 Å². The summed E-state index contributed by atoms with van der Waals surface area (Å²) in [5, 5.41) is 25.9. The van der Waals surface area contributed by atoms with E-state index in [9.17, 15) is 14.0 Å². The van der Waals surface area contributed by atoms with Gasteiger partial charge in [0, 0.05) is 0 Å². The monoisotopic (exact) mass is 326 g/mol. The quantitative estimate of drug-likeness (QED) is 0.675. The minimum atomic E-state index is -1.42. The molecule has 0 aliphatic heterocycles. The second-order valence-corrected chi connectivity index (χ2v) is 4.53. The van der Waals surface area contributed by atoms with Crippen LogP contribution in [0.5, 0.6) is 0 Å². The highest BCUT2D eigenvalue weighted by molar-refractivity contribution is 6.07. The Hall–Kier alpha value is -3.87. The van der Waals surface area contributed by atoms with Crippen LogP contribution < -0.4 is 5.32 Å². The molecular weight excluding hydrogens is 319 g/mol. The summed E-state index contributed by atoms with van der Waals surface area (Å²) >= 11 is 0. The van der Waals surface area contributed by atoms with Gasteiger partial charge >= 0.3 is 5.97 Å². The first kappa shape index (κ1) is 15.0. The largest absolute Gasteiger partial charge is 0.478 e. The third-order valence-electron chi connectivity index (χ3n) is 3.04. The van der Waals surface area contributed by atoms with Crippen LogP contribution >= 0.6 is 0 Å². The first-order chi connectivity index (χ1) is 11.5. The van der Waals surface area contributed by atoms with Gasteiger partial charge in [-0.1, -0.05) is 5.92 Å². The molecule has 0 bridgehead atoms. The first-order valence-corrected chi connectivity index (χ1v) is 6.40. The molecule has 0 fully saturated rings. The zero-order valence-electron chi connectivity index (χ0n) is 11.8. The summed E-state index contributed by atoms with van der Waals surface area (Å²) in [6.07, 6.45) is 5.15. The van der Waals surface area contributed by atoms with Gasteiger partial charge in [0.2, 0.25) is 0 Å². The van der Waals surface area contributed by atoms with E-state index >= 15 is 0 Å². The van der Waals surface area contributed by atoms with Gasteiger partial charge in [0.25, 0.3) is 5.91 Å². The van der Waals surface area contributed by atoms with Crippen molar-refractivity contribution in [1.82, 2.24) is 25.3 Å². The standard InChI is InChI=1S/C14H7FN6O3/c1-2-7-5-11(8(14(23)24)6-9(7)15)16-13(22)10-3-4-12-17-19-20-21(12)18-10/h1,3-6H,(H,16,22)(H,23,24). The molecule has 1 aromatic carbocycles. The highest BCUT2D eigenvalue weighted by Crippen LogP contribution is 2.21. The van der Waals surface area contributed by atoms with Crippen molar-refractivity contribution in [2.45, 2.75) is 0 Å². The Morgan fingerprint density at radius 3 is 2.83 bits per heavy atom. The molecule has 2 aromatic heterocycles. The number of fused-ring (bicyclic) bond motifs is 1. The molecule has 24 heavy (non-hydrogen) atoms. The second-order valence-electron chi connectivity index (χ2n) is 4.53. The van der Waals surface area contributed by atoms with Crippen LogP contribution in [0.1, 0.15) is 26.4 Å². The van der Waals surface area contributed by atoms with Crippen LogP contribution in [0.15, 0.2) is 24.3 Å². The average molecular weight is 326 g/mol. The van der Waals surface area contributed by atoms with Gasteiger partial charge in [-0.2, -0.15) is 0 Å². The molecule has 0 unspecified atom stereocenters. The third-order valence-corrected chi connectivity index (χ3v) is 3.04. The molecule has 0 saturated heterocycles. The van der Waals surface area contributed by atoms with Gasteiger partial charge in [-0.3, -0.25) is 4.79 Å². The number of amides is 1. The van der Waals surface area contributed by atoms with Crippen molar-refractivity contribution in [3.8, 4) is 12.3 Å². The lowest BCUT2D eigenvalue weighted by molar-refractivity contribution is 0.0697. The molecule has 2 N–H and O–H groups in total. The molecule has 1 amide bonds. The number of terminal acetylenes is 1. The van der Waals surface area contributed by atoms with Crippen LogP contribution in [-0.2, 0) is 0 Å². The van der Waals surface area contributed by atoms with E-state index in [-0.39, 0.29) is 16.9 Å². The minimum absolute atomic E-state index is 0.0716. The fourth-order valence-corrected chi connectivity index (χ4v) is 1.92. The topological polar surface area (TPSA) is 122 Å². The van der Waals surface area contributed by atoms with Gasteiger partial charge in [-0.15, -0.1) is 21.3 Å². The maximum atomic E-state index is 13.6. The smallest absolute Gasteiger partial charge is 0.337 e. The minimum Gasteiger partial charge on any atom is -0.478 e. The van der Waals surface area contributed by atoms with Crippen LogP contribution in [-0.4, -0.2) is 42.2 Å². The summed E-state index contributed by atoms with van der Waals surface area (Å²) in [4.78, 5) is 23.5. The van der Waals surface area contributed by atoms with Crippen molar-refractivity contribution in [3.63, 3.8) is 0 Å². The fraction of sp³-hybridized carbons (Fsp3) is 0. The Labute approximate surface area is 133 Å². The lowest BCUT2D eigenvalue weighted by Crippen LogP contribution is -2.18. The summed E-state index contributed by atoms with van der Waals surface area (Å²) in [5.74, 6) is -0.956. The SMILES string of the molecule is C#Cc1cc(NC(=O)c2ccc3nnnn3n2)c(C(=O)O)cc1F.